The quantitative estimate of drug-likeness (QED) is 0.567. The minimum absolute atomic E-state index is 0.0327. The molecule has 0 aliphatic carbocycles. The molecule has 0 radical (unpaired) electrons. The average Bonchev–Trinajstić information content (AvgIpc) is 2.04. The van der Waals surface area contributed by atoms with E-state index < -0.39 is 0 Å². The molecule has 12 heavy (non-hydrogen) atoms. The summed E-state index contributed by atoms with van der Waals surface area (Å²) in [5, 5.41) is 2.82. The predicted octanol–water partition coefficient (Wildman–Crippen LogP) is 0.384. The molecule has 1 heterocycles. The number of nitrogens with zero attached hydrogens (tertiary/aromatic N) is 1. The van der Waals surface area contributed by atoms with Crippen molar-refractivity contribution in [3.8, 4) is 0 Å². The van der Waals surface area contributed by atoms with E-state index in [9.17, 15) is 4.79 Å². The molecule has 0 unspecified atom stereocenters. The van der Waals surface area contributed by atoms with Crippen molar-refractivity contribution in [2.24, 2.45) is 0 Å². The number of amides is 1. The largest absolute Gasteiger partial charge is 0.351 e. The van der Waals surface area contributed by atoms with Crippen LogP contribution in [-0.2, 0) is 4.79 Å². The van der Waals surface area contributed by atoms with Gasteiger partial charge in [0.05, 0.1) is 0 Å². The van der Waals surface area contributed by atoms with Crippen LogP contribution in [0, 0.1) is 0 Å². The van der Waals surface area contributed by atoms with Crippen LogP contribution in [0.1, 0.15) is 12.8 Å². The summed E-state index contributed by atoms with van der Waals surface area (Å²) >= 11 is 0. The van der Waals surface area contributed by atoms with E-state index >= 15 is 0 Å². The second-order valence-corrected chi connectivity index (χ2v) is 3.14. The molecule has 68 valence electrons. The van der Waals surface area contributed by atoms with E-state index in [1.165, 1.54) is 0 Å². The highest BCUT2D eigenvalue weighted by Crippen LogP contribution is 1.95. The summed E-state index contributed by atoms with van der Waals surface area (Å²) < 4.78 is 0. The summed E-state index contributed by atoms with van der Waals surface area (Å²) in [7, 11) is 2.08. The van der Waals surface area contributed by atoms with Crippen molar-refractivity contribution in [1.29, 1.82) is 0 Å². The van der Waals surface area contributed by atoms with E-state index in [1.54, 1.807) is 6.08 Å². The Morgan fingerprint density at radius 1 is 1.50 bits per heavy atom. The molecular weight excluding hydrogens is 152 g/mol. The highest BCUT2D eigenvalue weighted by atomic mass is 16.1. The Hall–Kier alpha value is -0.830. The van der Waals surface area contributed by atoms with Crippen LogP contribution in [0.15, 0.2) is 12.2 Å². The van der Waals surface area contributed by atoms with Gasteiger partial charge in [-0.25, -0.2) is 0 Å². The van der Waals surface area contributed by atoms with Gasteiger partial charge in [-0.3, -0.25) is 4.79 Å². The molecule has 1 aliphatic rings. The first kappa shape index (κ1) is 9.26. The monoisotopic (exact) mass is 168 g/mol. The number of rotatable bonds is 0. The van der Waals surface area contributed by atoms with E-state index in [0.717, 1.165) is 32.5 Å². The first-order valence-electron chi connectivity index (χ1n) is 4.42. The van der Waals surface area contributed by atoms with E-state index in [0.29, 0.717) is 0 Å². The fourth-order valence-corrected chi connectivity index (χ4v) is 1.21. The van der Waals surface area contributed by atoms with Crippen LogP contribution in [0.4, 0.5) is 0 Å². The Morgan fingerprint density at radius 2 is 2.33 bits per heavy atom. The molecule has 1 rings (SSSR count). The van der Waals surface area contributed by atoms with Crippen LogP contribution in [0.25, 0.3) is 0 Å². The molecule has 0 spiro atoms. The molecule has 0 saturated carbocycles. The van der Waals surface area contributed by atoms with E-state index in [4.69, 9.17) is 0 Å². The number of hydrogen-bond donors (Lipinski definition) is 1. The fraction of sp³-hybridized carbons (Fsp3) is 0.667. The van der Waals surface area contributed by atoms with Gasteiger partial charge in [-0.1, -0.05) is 6.08 Å². The van der Waals surface area contributed by atoms with Crippen LogP contribution in [0.2, 0.25) is 0 Å². The Labute approximate surface area is 73.4 Å². The Bertz CT molecular complexity index is 177. The summed E-state index contributed by atoms with van der Waals surface area (Å²) in [6.45, 7) is 2.81. The Kier molecular flexibility index (Phi) is 3.80. The summed E-state index contributed by atoms with van der Waals surface area (Å²) in [5.74, 6) is 0.0327. The normalized spacial score (nSPS) is 24.6. The third-order valence-corrected chi connectivity index (χ3v) is 1.97. The van der Waals surface area contributed by atoms with Crippen molar-refractivity contribution in [2.45, 2.75) is 12.8 Å². The van der Waals surface area contributed by atoms with Gasteiger partial charge in [0.1, 0.15) is 0 Å². The second kappa shape index (κ2) is 4.93. The summed E-state index contributed by atoms with van der Waals surface area (Å²) in [6.07, 6.45) is 5.71. The average molecular weight is 168 g/mol. The van der Waals surface area contributed by atoms with Gasteiger partial charge in [-0.05, 0) is 32.5 Å². The summed E-state index contributed by atoms with van der Waals surface area (Å²) in [5.41, 5.74) is 0. The summed E-state index contributed by atoms with van der Waals surface area (Å²) in [6, 6.07) is 0. The van der Waals surface area contributed by atoms with Gasteiger partial charge in [0, 0.05) is 13.1 Å². The second-order valence-electron chi connectivity index (χ2n) is 3.14. The van der Waals surface area contributed by atoms with Crippen molar-refractivity contribution in [3.63, 3.8) is 0 Å². The molecule has 0 aromatic rings. The van der Waals surface area contributed by atoms with Crippen LogP contribution in [0.3, 0.4) is 0 Å². The van der Waals surface area contributed by atoms with Crippen molar-refractivity contribution in [3.05, 3.63) is 12.2 Å². The standard InChI is InChI=1S/C9H16N2O/c1-11-7-4-2-3-5-9(12)10-6-8-11/h3,5H,2,4,6-8H2,1H3,(H,10,12)/b5-3+. The van der Waals surface area contributed by atoms with Crippen LogP contribution < -0.4 is 5.32 Å². The van der Waals surface area contributed by atoms with Gasteiger partial charge >= 0.3 is 0 Å². The van der Waals surface area contributed by atoms with Gasteiger partial charge < -0.3 is 10.2 Å². The third-order valence-electron chi connectivity index (χ3n) is 1.97. The number of allylic oxidation sites excluding steroid dienone is 1. The maximum absolute atomic E-state index is 11.0. The van der Waals surface area contributed by atoms with Gasteiger partial charge in [0.15, 0.2) is 0 Å². The smallest absolute Gasteiger partial charge is 0.243 e. The molecule has 1 N–H and O–H groups in total. The molecular formula is C9H16N2O. The molecule has 3 heteroatoms. The third kappa shape index (κ3) is 3.53. The molecule has 0 aromatic heterocycles. The zero-order valence-corrected chi connectivity index (χ0v) is 7.55. The lowest BCUT2D eigenvalue weighted by molar-refractivity contribution is -0.116. The van der Waals surface area contributed by atoms with E-state index in [2.05, 4.69) is 17.3 Å². The molecule has 1 amide bonds. The number of hydrogen-bond acceptors (Lipinski definition) is 2. The van der Waals surface area contributed by atoms with Crippen LogP contribution in [0.5, 0.6) is 0 Å². The lowest BCUT2D eigenvalue weighted by Gasteiger charge is -2.16. The Balaban J connectivity index is 2.39. The molecule has 0 aromatic carbocycles. The molecule has 0 bridgehead atoms. The lowest BCUT2D eigenvalue weighted by atomic mass is 10.2. The maximum atomic E-state index is 11.0. The molecule has 3 nitrogen and oxygen atoms in total. The molecule has 0 atom stereocenters. The van der Waals surface area contributed by atoms with Crippen LogP contribution >= 0.6 is 0 Å². The minimum atomic E-state index is 0.0327. The van der Waals surface area contributed by atoms with Gasteiger partial charge in [0.2, 0.25) is 5.91 Å². The zero-order chi connectivity index (χ0) is 8.81. The number of likely N-dealkylation sites (N-methyl/N-ethyl adjacent to an activating group) is 1. The van der Waals surface area contributed by atoms with Gasteiger partial charge in [-0.15, -0.1) is 0 Å². The highest BCUT2D eigenvalue weighted by molar-refractivity contribution is 5.87. The molecule has 0 fully saturated rings. The van der Waals surface area contributed by atoms with Crippen molar-refractivity contribution < 1.29 is 4.79 Å². The first-order valence-corrected chi connectivity index (χ1v) is 4.42. The summed E-state index contributed by atoms with van der Waals surface area (Å²) in [4.78, 5) is 13.2. The van der Waals surface area contributed by atoms with E-state index in [-0.39, 0.29) is 5.91 Å². The first-order chi connectivity index (χ1) is 5.79. The number of carbonyl (C=O) groups excluding carboxylic acids is 1. The lowest BCUT2D eigenvalue weighted by Crippen LogP contribution is -2.33. The maximum Gasteiger partial charge on any atom is 0.243 e. The van der Waals surface area contributed by atoms with Crippen molar-refractivity contribution in [1.82, 2.24) is 10.2 Å². The predicted molar refractivity (Wildman–Crippen MR) is 48.9 cm³/mol. The number of nitrogens with one attached hydrogen (secondary N) is 1. The SMILES string of the molecule is CN1CCC/C=C/C(=O)NCC1. The molecule has 1 aliphatic heterocycles. The van der Waals surface area contributed by atoms with Gasteiger partial charge in [-0.2, -0.15) is 0 Å². The Morgan fingerprint density at radius 3 is 3.17 bits per heavy atom. The topological polar surface area (TPSA) is 32.3 Å². The number of carbonyl (C=O) groups is 1. The van der Waals surface area contributed by atoms with Crippen molar-refractivity contribution in [2.75, 3.05) is 26.7 Å². The van der Waals surface area contributed by atoms with Crippen LogP contribution in [-0.4, -0.2) is 37.5 Å². The van der Waals surface area contributed by atoms with E-state index in [1.807, 2.05) is 6.08 Å². The van der Waals surface area contributed by atoms with Crippen molar-refractivity contribution >= 4 is 5.91 Å². The minimum Gasteiger partial charge on any atom is -0.351 e. The highest BCUT2D eigenvalue weighted by Gasteiger charge is 2.00. The van der Waals surface area contributed by atoms with Gasteiger partial charge in [0.25, 0.3) is 0 Å². The zero-order valence-electron chi connectivity index (χ0n) is 7.55. The fourth-order valence-electron chi connectivity index (χ4n) is 1.21. The molecule has 0 saturated heterocycles.